The molecule has 1 saturated heterocycles. The van der Waals surface area contributed by atoms with Crippen molar-refractivity contribution in [1.29, 1.82) is 0 Å². The Morgan fingerprint density at radius 2 is 1.81 bits per heavy atom. The summed E-state index contributed by atoms with van der Waals surface area (Å²) in [6, 6.07) is 21.6. The van der Waals surface area contributed by atoms with E-state index < -0.39 is 33.1 Å². The number of amides is 1. The molecule has 3 aromatic carbocycles. The third-order valence-electron chi connectivity index (χ3n) is 8.11. The zero-order valence-corrected chi connectivity index (χ0v) is 27.2. The van der Waals surface area contributed by atoms with E-state index in [2.05, 4.69) is 25.8 Å². The number of sulfone groups is 1. The number of ether oxygens (including phenoxy) is 3. The van der Waals surface area contributed by atoms with Crippen LogP contribution in [0, 0.1) is 0 Å². The van der Waals surface area contributed by atoms with Gasteiger partial charge in [-0.05, 0) is 41.9 Å². The monoisotopic (exact) mass is 677 g/mol. The standard InChI is InChI=1S/C33H39N7O7S/c34-39-37-29-10-5-4-9-28(29)30-33(15-24-48(43,44)27-7-2-1-3-8-27,32(42)38-35-16-17-40-18-22-45-23-19-40)36-31(47-30)25-11-13-26(14-12-25)46-21-6-20-41/h1-5,7-14,30,35,41H,6,15-24H2,(H,38,42)/t30-,33-/m0/s1. The number of carbonyl (C=O) groups excluding carboxylic acids is 1. The number of nitrogens with one attached hydrogen (secondary N) is 2. The Hall–Kier alpha value is -4.50. The van der Waals surface area contributed by atoms with Crippen molar-refractivity contribution in [2.75, 3.05) is 58.4 Å². The number of aliphatic hydroxyl groups excluding tert-OH is 1. The predicted octanol–water partition coefficient (Wildman–Crippen LogP) is 3.46. The lowest BCUT2D eigenvalue weighted by Crippen LogP contribution is -2.54. The van der Waals surface area contributed by atoms with Gasteiger partial charge in [0.15, 0.2) is 21.5 Å². The van der Waals surface area contributed by atoms with Gasteiger partial charge in [-0.15, -0.1) is 0 Å². The minimum absolute atomic E-state index is 0.00759. The molecule has 1 fully saturated rings. The molecule has 2 aliphatic rings. The number of rotatable bonds is 16. The summed E-state index contributed by atoms with van der Waals surface area (Å²) in [4.78, 5) is 24.5. The molecule has 3 aromatic rings. The summed E-state index contributed by atoms with van der Waals surface area (Å²) in [6.45, 7) is 4.25. The molecule has 0 spiro atoms. The van der Waals surface area contributed by atoms with Gasteiger partial charge in [0.05, 0.1) is 30.5 Å². The summed E-state index contributed by atoms with van der Waals surface area (Å²) in [5, 5.41) is 12.9. The molecule has 48 heavy (non-hydrogen) atoms. The number of nitrogens with zero attached hydrogens (tertiary/aromatic N) is 5. The Morgan fingerprint density at radius 3 is 2.54 bits per heavy atom. The number of aliphatic imine (C=N–C) groups is 1. The van der Waals surface area contributed by atoms with Crippen LogP contribution in [0.4, 0.5) is 5.69 Å². The first-order chi connectivity index (χ1) is 23.4. The smallest absolute Gasteiger partial charge is 0.266 e. The summed E-state index contributed by atoms with van der Waals surface area (Å²) < 4.78 is 44.6. The van der Waals surface area contributed by atoms with Crippen LogP contribution in [0.5, 0.6) is 5.75 Å². The summed E-state index contributed by atoms with van der Waals surface area (Å²) in [5.41, 5.74) is 14.4. The molecular weight excluding hydrogens is 638 g/mol. The molecule has 0 radical (unpaired) electrons. The summed E-state index contributed by atoms with van der Waals surface area (Å²) in [7, 11) is -3.84. The molecule has 2 aliphatic heterocycles. The van der Waals surface area contributed by atoms with Crippen molar-refractivity contribution in [2.24, 2.45) is 10.1 Å². The fourth-order valence-corrected chi connectivity index (χ4v) is 6.91. The van der Waals surface area contributed by atoms with Gasteiger partial charge in [-0.1, -0.05) is 47.6 Å². The highest BCUT2D eigenvalue weighted by molar-refractivity contribution is 7.91. The summed E-state index contributed by atoms with van der Waals surface area (Å²) >= 11 is 0. The van der Waals surface area contributed by atoms with Crippen molar-refractivity contribution < 1.29 is 32.5 Å². The van der Waals surface area contributed by atoms with E-state index in [-0.39, 0.29) is 29.5 Å². The van der Waals surface area contributed by atoms with Crippen molar-refractivity contribution in [1.82, 2.24) is 15.8 Å². The Balaban J connectivity index is 1.51. The van der Waals surface area contributed by atoms with Gasteiger partial charge in [0.1, 0.15) is 5.75 Å². The second-order valence-electron chi connectivity index (χ2n) is 11.3. The predicted molar refractivity (Wildman–Crippen MR) is 178 cm³/mol. The number of benzene rings is 3. The molecule has 15 heteroatoms. The highest BCUT2D eigenvalue weighted by Gasteiger charge is 2.54. The molecule has 0 unspecified atom stereocenters. The Morgan fingerprint density at radius 1 is 1.08 bits per heavy atom. The number of hydrazine groups is 1. The first-order valence-corrected chi connectivity index (χ1v) is 17.4. The molecule has 0 aromatic heterocycles. The van der Waals surface area contributed by atoms with E-state index in [9.17, 15) is 18.7 Å². The lowest BCUT2D eigenvalue weighted by molar-refractivity contribution is -0.130. The van der Waals surface area contributed by atoms with Crippen LogP contribution < -0.4 is 15.6 Å². The van der Waals surface area contributed by atoms with Crippen molar-refractivity contribution in [3.63, 3.8) is 0 Å². The fourth-order valence-electron chi connectivity index (χ4n) is 5.52. The number of aliphatic hydroxyl groups is 1. The number of azide groups is 1. The minimum Gasteiger partial charge on any atom is -0.494 e. The first kappa shape index (κ1) is 34.8. The lowest BCUT2D eigenvalue weighted by atomic mass is 9.84. The Bertz CT molecular complexity index is 1710. The minimum atomic E-state index is -3.84. The fraction of sp³-hybridized carbons (Fsp3) is 0.394. The van der Waals surface area contributed by atoms with Gasteiger partial charge in [0.25, 0.3) is 5.91 Å². The van der Waals surface area contributed by atoms with Crippen molar-refractivity contribution in [2.45, 2.75) is 29.4 Å². The van der Waals surface area contributed by atoms with E-state index in [1.807, 2.05) is 0 Å². The maximum Gasteiger partial charge on any atom is 0.266 e. The van der Waals surface area contributed by atoms with Crippen LogP contribution in [0.3, 0.4) is 0 Å². The van der Waals surface area contributed by atoms with Crippen LogP contribution >= 0.6 is 0 Å². The van der Waals surface area contributed by atoms with E-state index in [1.54, 1.807) is 66.7 Å². The zero-order valence-electron chi connectivity index (χ0n) is 26.4. The SMILES string of the molecule is [N-]=[N+]=Nc1ccccc1[C@@H]1OC(c2ccc(OCCCO)cc2)=N[C@]1(CCS(=O)(=O)c1ccccc1)C(=O)NNCCN1CCOCC1. The molecule has 0 saturated carbocycles. The Kier molecular flexibility index (Phi) is 12.0. The van der Waals surface area contributed by atoms with Gasteiger partial charge in [-0.25, -0.2) is 18.8 Å². The van der Waals surface area contributed by atoms with Gasteiger partial charge in [-0.2, -0.15) is 0 Å². The van der Waals surface area contributed by atoms with Gasteiger partial charge >= 0.3 is 0 Å². The first-order valence-electron chi connectivity index (χ1n) is 15.7. The van der Waals surface area contributed by atoms with E-state index in [0.717, 1.165) is 13.1 Å². The molecule has 3 N–H and O–H groups in total. The summed E-state index contributed by atoms with van der Waals surface area (Å²) in [5.74, 6) is -0.347. The third kappa shape index (κ3) is 8.50. The second-order valence-corrected chi connectivity index (χ2v) is 13.4. The molecule has 0 bridgehead atoms. The number of morpholine rings is 1. The zero-order chi connectivity index (χ0) is 33.8. The van der Waals surface area contributed by atoms with E-state index in [0.29, 0.717) is 56.2 Å². The van der Waals surface area contributed by atoms with Crippen molar-refractivity contribution >= 4 is 27.3 Å². The second kappa shape index (κ2) is 16.6. The lowest BCUT2D eigenvalue weighted by Gasteiger charge is -2.31. The van der Waals surface area contributed by atoms with Gasteiger partial charge in [0.2, 0.25) is 5.90 Å². The molecule has 254 valence electrons. The molecule has 5 rings (SSSR count). The molecule has 2 heterocycles. The maximum atomic E-state index is 14.4. The van der Waals surface area contributed by atoms with Crippen LogP contribution in [0.1, 0.15) is 30.1 Å². The topological polar surface area (TPSA) is 188 Å². The van der Waals surface area contributed by atoms with Gasteiger partial charge < -0.3 is 19.3 Å². The molecule has 0 aliphatic carbocycles. The number of hydrogen-bond donors (Lipinski definition) is 3. The van der Waals surface area contributed by atoms with E-state index in [1.165, 1.54) is 12.1 Å². The third-order valence-corrected chi connectivity index (χ3v) is 9.85. The number of carbonyl (C=O) groups is 1. The van der Waals surface area contributed by atoms with Crippen LogP contribution in [-0.4, -0.2) is 94.1 Å². The average molecular weight is 678 g/mol. The van der Waals surface area contributed by atoms with Crippen LogP contribution in [0.25, 0.3) is 10.4 Å². The molecular formula is C33H39N7O7S. The maximum absolute atomic E-state index is 14.4. The van der Waals surface area contributed by atoms with Gasteiger partial charge in [0, 0.05) is 67.4 Å². The van der Waals surface area contributed by atoms with Crippen LogP contribution in [0.15, 0.2) is 93.9 Å². The normalized spacial score (nSPS) is 19.5. The largest absolute Gasteiger partial charge is 0.494 e. The highest BCUT2D eigenvalue weighted by Crippen LogP contribution is 2.45. The summed E-state index contributed by atoms with van der Waals surface area (Å²) in [6.07, 6.45) is -0.919. The molecule has 1 amide bonds. The van der Waals surface area contributed by atoms with E-state index in [4.69, 9.17) is 24.3 Å². The molecule has 2 atom stereocenters. The quantitative estimate of drug-likeness (QED) is 0.0671. The average Bonchev–Trinajstić information content (AvgIpc) is 3.51. The van der Waals surface area contributed by atoms with E-state index >= 15 is 0 Å². The number of hydrogen-bond acceptors (Lipinski definition) is 11. The Labute approximate surface area is 279 Å². The van der Waals surface area contributed by atoms with Crippen molar-refractivity contribution in [3.8, 4) is 5.75 Å². The van der Waals surface area contributed by atoms with Crippen LogP contribution in [0.2, 0.25) is 0 Å². The van der Waals surface area contributed by atoms with Crippen molar-refractivity contribution in [3.05, 3.63) is 100 Å². The molecule has 14 nitrogen and oxygen atoms in total. The van der Waals surface area contributed by atoms with Crippen LogP contribution in [-0.2, 0) is 24.1 Å². The highest BCUT2D eigenvalue weighted by atomic mass is 32.2. The van der Waals surface area contributed by atoms with Gasteiger partial charge in [-0.3, -0.25) is 15.1 Å².